The van der Waals surface area contributed by atoms with E-state index in [-0.39, 0.29) is 18.3 Å². The van der Waals surface area contributed by atoms with Crippen molar-refractivity contribution in [3.63, 3.8) is 0 Å². The van der Waals surface area contributed by atoms with E-state index in [1.165, 1.54) is 18.1 Å². The first kappa shape index (κ1) is 23.2. The molecule has 174 valence electrons. The summed E-state index contributed by atoms with van der Waals surface area (Å²) in [4.78, 5) is 4.87. The number of ether oxygens (including phenoxy) is 1. The molecule has 2 fully saturated rings. The van der Waals surface area contributed by atoms with Crippen LogP contribution in [0.4, 0.5) is 4.39 Å². The SMILES string of the molecule is Cc1ccc(COc2ccc(C(CN3CCN(C)CC3)C3(O)CCCCC3)cc2)c(F)c1. The average molecular weight is 441 g/mol. The molecule has 2 aliphatic rings. The Morgan fingerprint density at radius 1 is 1.00 bits per heavy atom. The molecule has 1 unspecified atom stereocenters. The maximum atomic E-state index is 14.1. The first-order valence-corrected chi connectivity index (χ1v) is 12.0. The van der Waals surface area contributed by atoms with Crippen LogP contribution in [-0.4, -0.2) is 60.3 Å². The fraction of sp³-hybridized carbons (Fsp3) is 0.556. The van der Waals surface area contributed by atoms with E-state index in [2.05, 4.69) is 29.0 Å². The smallest absolute Gasteiger partial charge is 0.130 e. The molecule has 2 aromatic rings. The van der Waals surface area contributed by atoms with Crippen molar-refractivity contribution in [1.29, 1.82) is 0 Å². The van der Waals surface area contributed by atoms with Gasteiger partial charge in [-0.05, 0) is 56.1 Å². The summed E-state index contributed by atoms with van der Waals surface area (Å²) in [7, 11) is 2.17. The fourth-order valence-electron chi connectivity index (χ4n) is 5.11. The number of rotatable bonds is 7. The van der Waals surface area contributed by atoms with Crippen LogP contribution in [0.15, 0.2) is 42.5 Å². The lowest BCUT2D eigenvalue weighted by atomic mass is 9.72. The summed E-state index contributed by atoms with van der Waals surface area (Å²) in [5.41, 5.74) is 1.99. The molecule has 1 saturated heterocycles. The molecule has 1 aliphatic carbocycles. The topological polar surface area (TPSA) is 35.9 Å². The van der Waals surface area contributed by atoms with E-state index < -0.39 is 5.60 Å². The normalized spacial score (nSPS) is 20.8. The minimum Gasteiger partial charge on any atom is -0.489 e. The lowest BCUT2D eigenvalue weighted by molar-refractivity contribution is -0.0337. The predicted molar refractivity (Wildman–Crippen MR) is 127 cm³/mol. The molecule has 0 amide bonds. The fourth-order valence-corrected chi connectivity index (χ4v) is 5.11. The number of halogens is 1. The van der Waals surface area contributed by atoms with E-state index in [0.717, 1.165) is 69.7 Å². The number of piperazine rings is 1. The van der Waals surface area contributed by atoms with Crippen LogP contribution in [0.5, 0.6) is 5.75 Å². The Kier molecular flexibility index (Phi) is 7.49. The molecule has 2 aromatic carbocycles. The van der Waals surface area contributed by atoms with Crippen molar-refractivity contribution < 1.29 is 14.2 Å². The van der Waals surface area contributed by atoms with Crippen molar-refractivity contribution in [2.45, 2.75) is 57.2 Å². The lowest BCUT2D eigenvalue weighted by Gasteiger charge is -2.43. The highest BCUT2D eigenvalue weighted by molar-refractivity contribution is 5.32. The molecule has 4 nitrogen and oxygen atoms in total. The van der Waals surface area contributed by atoms with Gasteiger partial charge in [0.05, 0.1) is 5.60 Å². The Morgan fingerprint density at radius 3 is 2.34 bits per heavy atom. The van der Waals surface area contributed by atoms with E-state index in [4.69, 9.17) is 4.74 Å². The van der Waals surface area contributed by atoms with Gasteiger partial charge in [0.15, 0.2) is 0 Å². The van der Waals surface area contributed by atoms with Crippen LogP contribution in [0.3, 0.4) is 0 Å². The van der Waals surface area contributed by atoms with Gasteiger partial charge in [-0.15, -0.1) is 0 Å². The number of likely N-dealkylation sites (N-methyl/N-ethyl adjacent to an activating group) is 1. The Labute approximate surface area is 192 Å². The van der Waals surface area contributed by atoms with Gasteiger partial charge in [-0.3, -0.25) is 0 Å². The second-order valence-electron chi connectivity index (χ2n) is 9.77. The highest BCUT2D eigenvalue weighted by Crippen LogP contribution is 2.41. The van der Waals surface area contributed by atoms with Gasteiger partial charge in [-0.25, -0.2) is 4.39 Å². The number of benzene rings is 2. The summed E-state index contributed by atoms with van der Waals surface area (Å²) >= 11 is 0. The highest BCUT2D eigenvalue weighted by atomic mass is 19.1. The molecule has 0 spiro atoms. The Morgan fingerprint density at radius 2 is 1.69 bits per heavy atom. The maximum Gasteiger partial charge on any atom is 0.130 e. The van der Waals surface area contributed by atoms with Crippen LogP contribution in [0.1, 0.15) is 54.7 Å². The summed E-state index contributed by atoms with van der Waals surface area (Å²) < 4.78 is 20.0. The summed E-state index contributed by atoms with van der Waals surface area (Å²) in [6, 6.07) is 13.3. The van der Waals surface area contributed by atoms with Gasteiger partial charge >= 0.3 is 0 Å². The average Bonchev–Trinajstić information content (AvgIpc) is 2.79. The Balaban J connectivity index is 1.46. The van der Waals surface area contributed by atoms with E-state index in [0.29, 0.717) is 5.56 Å². The number of aryl methyl sites for hydroxylation is 1. The molecule has 1 aliphatic heterocycles. The summed E-state index contributed by atoms with van der Waals surface area (Å²) in [5.74, 6) is 0.589. The van der Waals surface area contributed by atoms with E-state index >= 15 is 0 Å². The van der Waals surface area contributed by atoms with Gasteiger partial charge in [-0.1, -0.05) is 43.5 Å². The summed E-state index contributed by atoms with van der Waals surface area (Å²) in [6.07, 6.45) is 5.15. The van der Waals surface area contributed by atoms with Gasteiger partial charge in [0.25, 0.3) is 0 Å². The van der Waals surface area contributed by atoms with Crippen molar-refractivity contribution in [2.24, 2.45) is 0 Å². The molecule has 0 aromatic heterocycles. The molecule has 4 rings (SSSR count). The van der Waals surface area contributed by atoms with Gasteiger partial charge in [0, 0.05) is 44.2 Å². The molecule has 1 heterocycles. The van der Waals surface area contributed by atoms with Crippen LogP contribution in [0, 0.1) is 12.7 Å². The van der Waals surface area contributed by atoms with Gasteiger partial charge < -0.3 is 19.6 Å². The van der Waals surface area contributed by atoms with Crippen LogP contribution >= 0.6 is 0 Å². The zero-order chi connectivity index (χ0) is 22.6. The first-order chi connectivity index (χ1) is 15.4. The maximum absolute atomic E-state index is 14.1. The minimum absolute atomic E-state index is 0.0924. The standard InChI is InChI=1S/C27H37FN2O2/c1-21-6-7-23(26(28)18-21)20-32-24-10-8-22(9-11-24)25(27(31)12-4-3-5-13-27)19-30-16-14-29(2)15-17-30/h6-11,18,25,31H,3-5,12-17,19-20H2,1-2H3. The lowest BCUT2D eigenvalue weighted by Crippen LogP contribution is -2.50. The third kappa shape index (κ3) is 5.69. The third-order valence-corrected chi connectivity index (χ3v) is 7.29. The molecule has 5 heteroatoms. The molecule has 0 bridgehead atoms. The zero-order valence-electron chi connectivity index (χ0n) is 19.5. The molecule has 1 saturated carbocycles. The zero-order valence-corrected chi connectivity index (χ0v) is 19.5. The second kappa shape index (κ2) is 10.3. The van der Waals surface area contributed by atoms with E-state index in [1.54, 1.807) is 6.07 Å². The third-order valence-electron chi connectivity index (χ3n) is 7.29. The van der Waals surface area contributed by atoms with Crippen molar-refractivity contribution in [1.82, 2.24) is 9.80 Å². The van der Waals surface area contributed by atoms with Crippen molar-refractivity contribution in [3.05, 3.63) is 65.0 Å². The summed E-state index contributed by atoms with van der Waals surface area (Å²) in [5, 5.41) is 11.6. The molecular formula is C27H37FN2O2. The van der Waals surface area contributed by atoms with Crippen LogP contribution < -0.4 is 4.74 Å². The predicted octanol–water partition coefficient (Wildman–Crippen LogP) is 4.74. The molecule has 0 radical (unpaired) electrons. The number of nitrogens with zero attached hydrogens (tertiary/aromatic N) is 2. The monoisotopic (exact) mass is 440 g/mol. The molecule has 1 N–H and O–H groups in total. The van der Waals surface area contributed by atoms with Crippen LogP contribution in [-0.2, 0) is 6.61 Å². The van der Waals surface area contributed by atoms with E-state index in [1.807, 2.05) is 25.1 Å². The van der Waals surface area contributed by atoms with Crippen molar-refractivity contribution >= 4 is 0 Å². The Bertz CT molecular complexity index is 872. The molecular weight excluding hydrogens is 403 g/mol. The Hall–Kier alpha value is -1.95. The molecule has 1 atom stereocenters. The quantitative estimate of drug-likeness (QED) is 0.675. The summed E-state index contributed by atoms with van der Waals surface area (Å²) in [6.45, 7) is 7.23. The highest BCUT2D eigenvalue weighted by Gasteiger charge is 2.39. The van der Waals surface area contributed by atoms with Gasteiger partial charge in [0.1, 0.15) is 18.2 Å². The minimum atomic E-state index is -0.644. The van der Waals surface area contributed by atoms with Gasteiger partial charge in [0.2, 0.25) is 0 Å². The molecule has 32 heavy (non-hydrogen) atoms. The number of hydrogen-bond acceptors (Lipinski definition) is 4. The van der Waals surface area contributed by atoms with Crippen molar-refractivity contribution in [2.75, 3.05) is 39.8 Å². The van der Waals surface area contributed by atoms with E-state index in [9.17, 15) is 9.50 Å². The largest absolute Gasteiger partial charge is 0.489 e. The first-order valence-electron chi connectivity index (χ1n) is 12.0. The second-order valence-corrected chi connectivity index (χ2v) is 9.77. The number of aliphatic hydroxyl groups is 1. The number of hydrogen-bond donors (Lipinski definition) is 1. The van der Waals surface area contributed by atoms with Gasteiger partial charge in [-0.2, -0.15) is 0 Å². The van der Waals surface area contributed by atoms with Crippen molar-refractivity contribution in [3.8, 4) is 5.75 Å². The van der Waals surface area contributed by atoms with Crippen LogP contribution in [0.25, 0.3) is 0 Å². The van der Waals surface area contributed by atoms with Crippen LogP contribution in [0.2, 0.25) is 0 Å².